The minimum absolute atomic E-state index is 0.313. The predicted molar refractivity (Wildman–Crippen MR) is 76.3 cm³/mol. The van der Waals surface area contributed by atoms with Crippen molar-refractivity contribution in [1.29, 1.82) is 0 Å². The van der Waals surface area contributed by atoms with E-state index >= 15 is 0 Å². The van der Waals surface area contributed by atoms with Gasteiger partial charge in [-0.15, -0.1) is 0 Å². The Morgan fingerprint density at radius 3 is 3.05 bits per heavy atom. The van der Waals surface area contributed by atoms with Gasteiger partial charge in [-0.2, -0.15) is 0 Å². The summed E-state index contributed by atoms with van der Waals surface area (Å²) in [7, 11) is 1.78. The van der Waals surface area contributed by atoms with Crippen molar-refractivity contribution in [3.8, 4) is 0 Å². The van der Waals surface area contributed by atoms with Crippen LogP contribution in [0.4, 0.5) is 5.82 Å². The van der Waals surface area contributed by atoms with Crippen LogP contribution in [0.15, 0.2) is 12.4 Å². The molecule has 1 N–H and O–H groups in total. The average molecular weight is 264 g/mol. The van der Waals surface area contributed by atoms with Crippen LogP contribution in [-0.2, 0) is 11.3 Å². The van der Waals surface area contributed by atoms with Gasteiger partial charge in [0.2, 0.25) is 0 Å². The lowest BCUT2D eigenvalue weighted by Gasteiger charge is -2.32. The second kappa shape index (κ2) is 6.82. The molecule has 106 valence electrons. The van der Waals surface area contributed by atoms with Crippen LogP contribution in [0.3, 0.4) is 0 Å². The van der Waals surface area contributed by atoms with E-state index in [1.807, 2.05) is 12.4 Å². The van der Waals surface area contributed by atoms with E-state index in [1.165, 1.54) is 0 Å². The summed E-state index contributed by atoms with van der Waals surface area (Å²) in [6.45, 7) is 6.97. The molecule has 1 fully saturated rings. The standard InChI is InChI=1S/C14H24N4O/c1-11(2)16-8-12-7-15-9-14(17-12)18-6-4-5-13(10-18)19-3/h7,9,11,13,16H,4-6,8,10H2,1-3H3. The van der Waals surface area contributed by atoms with Crippen molar-refractivity contribution >= 4 is 5.82 Å². The van der Waals surface area contributed by atoms with Crippen molar-refractivity contribution in [2.24, 2.45) is 0 Å². The van der Waals surface area contributed by atoms with Crippen LogP contribution in [0.25, 0.3) is 0 Å². The highest BCUT2D eigenvalue weighted by Gasteiger charge is 2.20. The second-order valence-electron chi connectivity index (χ2n) is 5.35. The average Bonchev–Trinajstić information content (AvgIpc) is 2.45. The molecule has 1 unspecified atom stereocenters. The predicted octanol–water partition coefficient (Wildman–Crippen LogP) is 1.59. The molecule has 1 atom stereocenters. The Labute approximate surface area is 115 Å². The summed E-state index contributed by atoms with van der Waals surface area (Å²) in [5.74, 6) is 0.963. The third-order valence-electron chi connectivity index (χ3n) is 3.40. The number of hydrogen-bond donors (Lipinski definition) is 1. The molecule has 0 saturated carbocycles. The molecule has 2 heterocycles. The zero-order valence-corrected chi connectivity index (χ0v) is 12.1. The van der Waals surface area contributed by atoms with E-state index in [1.54, 1.807) is 7.11 Å². The Bertz CT molecular complexity index is 397. The first-order valence-corrected chi connectivity index (χ1v) is 7.01. The Balaban J connectivity index is 2.01. The van der Waals surface area contributed by atoms with Crippen molar-refractivity contribution < 1.29 is 4.74 Å². The maximum Gasteiger partial charge on any atom is 0.147 e. The van der Waals surface area contributed by atoms with Crippen LogP contribution in [-0.4, -0.2) is 42.3 Å². The van der Waals surface area contributed by atoms with E-state index in [0.29, 0.717) is 12.1 Å². The first-order chi connectivity index (χ1) is 9.19. The molecule has 1 aromatic heterocycles. The molecule has 1 saturated heterocycles. The molecule has 1 aliphatic heterocycles. The Hall–Kier alpha value is -1.20. The second-order valence-corrected chi connectivity index (χ2v) is 5.35. The van der Waals surface area contributed by atoms with Gasteiger partial charge in [0.1, 0.15) is 5.82 Å². The third-order valence-corrected chi connectivity index (χ3v) is 3.40. The van der Waals surface area contributed by atoms with E-state index in [4.69, 9.17) is 4.74 Å². The third kappa shape index (κ3) is 4.14. The molecule has 0 aromatic carbocycles. The summed E-state index contributed by atoms with van der Waals surface area (Å²) in [5, 5.41) is 3.37. The van der Waals surface area contributed by atoms with E-state index in [2.05, 4.69) is 34.0 Å². The molecule has 2 rings (SSSR count). The number of anilines is 1. The van der Waals surface area contributed by atoms with Crippen LogP contribution in [0.2, 0.25) is 0 Å². The summed E-state index contributed by atoms with van der Waals surface area (Å²) in [6.07, 6.45) is 6.27. The molecule has 19 heavy (non-hydrogen) atoms. The summed E-state index contributed by atoms with van der Waals surface area (Å²) in [5.41, 5.74) is 0.991. The number of ether oxygens (including phenoxy) is 1. The van der Waals surface area contributed by atoms with Gasteiger partial charge in [-0.25, -0.2) is 4.98 Å². The van der Waals surface area contributed by atoms with Crippen LogP contribution in [0.5, 0.6) is 0 Å². The molecule has 1 aliphatic rings. The number of hydrogen-bond acceptors (Lipinski definition) is 5. The molecule has 0 radical (unpaired) electrons. The Morgan fingerprint density at radius 1 is 1.47 bits per heavy atom. The van der Waals surface area contributed by atoms with Crippen molar-refractivity contribution in [3.05, 3.63) is 18.1 Å². The molecule has 1 aromatic rings. The molecule has 0 aliphatic carbocycles. The van der Waals surface area contributed by atoms with Gasteiger partial charge in [0, 0.05) is 39.0 Å². The Kier molecular flexibility index (Phi) is 5.10. The van der Waals surface area contributed by atoms with Gasteiger partial charge in [-0.3, -0.25) is 4.98 Å². The van der Waals surface area contributed by atoms with Crippen molar-refractivity contribution in [2.45, 2.75) is 45.4 Å². The van der Waals surface area contributed by atoms with Gasteiger partial charge in [0.25, 0.3) is 0 Å². The quantitative estimate of drug-likeness (QED) is 0.875. The highest BCUT2D eigenvalue weighted by atomic mass is 16.5. The van der Waals surface area contributed by atoms with Crippen LogP contribution >= 0.6 is 0 Å². The minimum Gasteiger partial charge on any atom is -0.380 e. The zero-order chi connectivity index (χ0) is 13.7. The van der Waals surface area contributed by atoms with Gasteiger partial charge in [0.15, 0.2) is 0 Å². The molecular weight excluding hydrogens is 240 g/mol. The molecule has 0 bridgehead atoms. The van der Waals surface area contributed by atoms with Gasteiger partial charge in [-0.1, -0.05) is 13.8 Å². The fourth-order valence-electron chi connectivity index (χ4n) is 2.28. The zero-order valence-electron chi connectivity index (χ0n) is 12.1. The fraction of sp³-hybridized carbons (Fsp3) is 0.714. The summed E-state index contributed by atoms with van der Waals surface area (Å²) < 4.78 is 5.45. The molecule has 0 amide bonds. The fourth-order valence-corrected chi connectivity index (χ4v) is 2.28. The lowest BCUT2D eigenvalue weighted by molar-refractivity contribution is 0.0891. The van der Waals surface area contributed by atoms with Crippen LogP contribution in [0, 0.1) is 0 Å². The maximum atomic E-state index is 5.45. The number of nitrogens with zero attached hydrogens (tertiary/aromatic N) is 3. The highest BCUT2D eigenvalue weighted by molar-refractivity contribution is 5.37. The molecule has 0 spiro atoms. The summed E-state index contributed by atoms with van der Waals surface area (Å²) in [6, 6.07) is 0.457. The first kappa shape index (κ1) is 14.2. The topological polar surface area (TPSA) is 50.3 Å². The molecule has 5 heteroatoms. The van der Waals surface area contributed by atoms with Crippen molar-refractivity contribution in [1.82, 2.24) is 15.3 Å². The van der Waals surface area contributed by atoms with Gasteiger partial charge >= 0.3 is 0 Å². The molecule has 5 nitrogen and oxygen atoms in total. The number of rotatable bonds is 5. The highest BCUT2D eigenvalue weighted by Crippen LogP contribution is 2.18. The van der Waals surface area contributed by atoms with Crippen molar-refractivity contribution in [2.75, 3.05) is 25.1 Å². The SMILES string of the molecule is COC1CCCN(c2cncc(CNC(C)C)n2)C1. The lowest BCUT2D eigenvalue weighted by Crippen LogP contribution is -2.39. The number of aromatic nitrogens is 2. The minimum atomic E-state index is 0.313. The number of methoxy groups -OCH3 is 1. The maximum absolute atomic E-state index is 5.45. The number of nitrogens with one attached hydrogen (secondary N) is 1. The summed E-state index contributed by atoms with van der Waals surface area (Å²) >= 11 is 0. The van der Waals surface area contributed by atoms with Crippen molar-refractivity contribution in [3.63, 3.8) is 0 Å². The first-order valence-electron chi connectivity index (χ1n) is 7.01. The van der Waals surface area contributed by atoms with E-state index in [-0.39, 0.29) is 0 Å². The van der Waals surface area contributed by atoms with Gasteiger partial charge in [0.05, 0.1) is 18.0 Å². The van der Waals surface area contributed by atoms with E-state index < -0.39 is 0 Å². The normalized spacial score (nSPS) is 20.0. The Morgan fingerprint density at radius 2 is 2.32 bits per heavy atom. The monoisotopic (exact) mass is 264 g/mol. The van der Waals surface area contributed by atoms with Crippen LogP contribution < -0.4 is 10.2 Å². The number of piperidine rings is 1. The van der Waals surface area contributed by atoms with Gasteiger partial charge in [-0.05, 0) is 12.8 Å². The van der Waals surface area contributed by atoms with Crippen LogP contribution in [0.1, 0.15) is 32.4 Å². The van der Waals surface area contributed by atoms with E-state index in [0.717, 1.165) is 44.0 Å². The van der Waals surface area contributed by atoms with E-state index in [9.17, 15) is 0 Å². The smallest absolute Gasteiger partial charge is 0.147 e. The lowest BCUT2D eigenvalue weighted by atomic mass is 10.1. The molecular formula is C14H24N4O. The summed E-state index contributed by atoms with van der Waals surface area (Å²) in [4.78, 5) is 11.3. The van der Waals surface area contributed by atoms with Gasteiger partial charge < -0.3 is 15.0 Å². The largest absolute Gasteiger partial charge is 0.380 e.